The Bertz CT molecular complexity index is 769. The molecule has 0 bridgehead atoms. The van der Waals surface area contributed by atoms with E-state index in [0.717, 1.165) is 24.0 Å². The average Bonchev–Trinajstić information content (AvgIpc) is 2.77. The van der Waals surface area contributed by atoms with Gasteiger partial charge >= 0.3 is 5.76 Å². The van der Waals surface area contributed by atoms with Crippen LogP contribution in [-0.4, -0.2) is 4.57 Å². The summed E-state index contributed by atoms with van der Waals surface area (Å²) in [5, 5.41) is 0. The minimum absolute atomic E-state index is 0.288. The van der Waals surface area contributed by atoms with Crippen LogP contribution >= 0.6 is 0 Å². The molecule has 4 nitrogen and oxygen atoms in total. The predicted octanol–water partition coefficient (Wildman–Crippen LogP) is 2.81. The first kappa shape index (κ1) is 12.5. The van der Waals surface area contributed by atoms with Crippen LogP contribution in [0.2, 0.25) is 0 Å². The van der Waals surface area contributed by atoms with Crippen molar-refractivity contribution in [1.82, 2.24) is 4.57 Å². The largest absolute Gasteiger partial charge is 0.419 e. The number of para-hydroxylation sites is 2. The smallest absolute Gasteiger partial charge is 0.408 e. The molecule has 0 aliphatic carbocycles. The molecular formula is C16H16N2O2. The van der Waals surface area contributed by atoms with E-state index in [1.807, 2.05) is 48.5 Å². The van der Waals surface area contributed by atoms with E-state index in [0.29, 0.717) is 12.1 Å². The van der Waals surface area contributed by atoms with E-state index < -0.39 is 0 Å². The Kier molecular flexibility index (Phi) is 3.29. The van der Waals surface area contributed by atoms with Crippen molar-refractivity contribution in [1.29, 1.82) is 0 Å². The third-order valence-electron chi connectivity index (χ3n) is 3.40. The maximum atomic E-state index is 11.8. The summed E-state index contributed by atoms with van der Waals surface area (Å²) in [7, 11) is 0. The second-order valence-electron chi connectivity index (χ2n) is 4.83. The molecule has 0 unspecified atom stereocenters. The Labute approximate surface area is 116 Å². The third kappa shape index (κ3) is 2.45. The molecule has 0 saturated heterocycles. The molecule has 1 heterocycles. The standard InChI is InChI=1S/C16H16N2O2/c17-13-9-7-12(8-10-13)4-3-11-18-14-5-1-2-6-15(14)20-16(18)19/h1-2,5-10H,3-4,11,17H2. The van der Waals surface area contributed by atoms with Gasteiger partial charge in [0.15, 0.2) is 5.58 Å². The lowest BCUT2D eigenvalue weighted by Crippen LogP contribution is -2.14. The van der Waals surface area contributed by atoms with Crippen molar-refractivity contribution >= 4 is 16.8 Å². The number of rotatable bonds is 4. The molecule has 0 spiro atoms. The van der Waals surface area contributed by atoms with Crippen molar-refractivity contribution < 1.29 is 4.42 Å². The van der Waals surface area contributed by atoms with Crippen LogP contribution in [0, 0.1) is 0 Å². The van der Waals surface area contributed by atoms with Crippen molar-refractivity contribution in [2.45, 2.75) is 19.4 Å². The molecule has 0 fully saturated rings. The summed E-state index contributed by atoms with van der Waals surface area (Å²) in [6, 6.07) is 15.3. The van der Waals surface area contributed by atoms with Crippen molar-refractivity contribution in [3.05, 3.63) is 64.6 Å². The Morgan fingerprint density at radius 2 is 1.80 bits per heavy atom. The molecule has 0 saturated carbocycles. The van der Waals surface area contributed by atoms with E-state index in [1.54, 1.807) is 4.57 Å². The topological polar surface area (TPSA) is 61.2 Å². The minimum atomic E-state index is -0.288. The van der Waals surface area contributed by atoms with Gasteiger partial charge in [0.1, 0.15) is 0 Å². The molecule has 20 heavy (non-hydrogen) atoms. The molecule has 102 valence electrons. The maximum Gasteiger partial charge on any atom is 0.419 e. The number of aryl methyl sites for hydroxylation is 2. The van der Waals surface area contributed by atoms with Crippen molar-refractivity contribution in [2.24, 2.45) is 0 Å². The lowest BCUT2D eigenvalue weighted by molar-refractivity contribution is 0.497. The predicted molar refractivity (Wildman–Crippen MR) is 79.6 cm³/mol. The second kappa shape index (κ2) is 5.25. The highest BCUT2D eigenvalue weighted by Gasteiger charge is 2.07. The lowest BCUT2D eigenvalue weighted by Gasteiger charge is -2.03. The molecule has 3 aromatic rings. The van der Waals surface area contributed by atoms with Crippen LogP contribution in [0.5, 0.6) is 0 Å². The number of nitrogens with zero attached hydrogens (tertiary/aromatic N) is 1. The van der Waals surface area contributed by atoms with Gasteiger partial charge in [0.2, 0.25) is 0 Å². The summed E-state index contributed by atoms with van der Waals surface area (Å²) in [6.45, 7) is 0.653. The van der Waals surface area contributed by atoms with Crippen LogP contribution in [-0.2, 0) is 13.0 Å². The molecule has 4 heteroatoms. The van der Waals surface area contributed by atoms with E-state index in [-0.39, 0.29) is 5.76 Å². The van der Waals surface area contributed by atoms with Gasteiger partial charge in [-0.3, -0.25) is 4.57 Å². The molecule has 0 atom stereocenters. The number of hydrogen-bond acceptors (Lipinski definition) is 3. The fraction of sp³-hybridized carbons (Fsp3) is 0.188. The summed E-state index contributed by atoms with van der Waals surface area (Å²) in [4.78, 5) is 11.8. The van der Waals surface area contributed by atoms with E-state index in [9.17, 15) is 4.79 Å². The normalized spacial score (nSPS) is 11.0. The van der Waals surface area contributed by atoms with Crippen molar-refractivity contribution in [2.75, 3.05) is 5.73 Å². The molecule has 2 N–H and O–H groups in total. The number of benzene rings is 2. The van der Waals surface area contributed by atoms with Gasteiger partial charge in [-0.15, -0.1) is 0 Å². The summed E-state index contributed by atoms with van der Waals surface area (Å²) >= 11 is 0. The zero-order chi connectivity index (χ0) is 13.9. The van der Waals surface area contributed by atoms with Gasteiger partial charge in [-0.05, 0) is 42.7 Å². The van der Waals surface area contributed by atoms with Crippen LogP contribution in [0.25, 0.3) is 11.1 Å². The lowest BCUT2D eigenvalue weighted by atomic mass is 10.1. The quantitative estimate of drug-likeness (QED) is 0.740. The first-order valence-electron chi connectivity index (χ1n) is 6.67. The average molecular weight is 268 g/mol. The Morgan fingerprint density at radius 1 is 1.05 bits per heavy atom. The highest BCUT2D eigenvalue weighted by molar-refractivity contribution is 5.72. The zero-order valence-corrected chi connectivity index (χ0v) is 11.1. The zero-order valence-electron chi connectivity index (χ0n) is 11.1. The first-order valence-corrected chi connectivity index (χ1v) is 6.67. The second-order valence-corrected chi connectivity index (χ2v) is 4.83. The van der Waals surface area contributed by atoms with Gasteiger partial charge in [-0.2, -0.15) is 0 Å². The Balaban J connectivity index is 1.72. The van der Waals surface area contributed by atoms with Crippen LogP contribution in [0.1, 0.15) is 12.0 Å². The Hall–Kier alpha value is -2.49. The summed E-state index contributed by atoms with van der Waals surface area (Å²) in [5.41, 5.74) is 9.15. The maximum absolute atomic E-state index is 11.8. The number of aromatic nitrogens is 1. The summed E-state index contributed by atoms with van der Waals surface area (Å²) in [6.07, 6.45) is 1.79. The van der Waals surface area contributed by atoms with Crippen LogP contribution in [0.15, 0.2) is 57.7 Å². The number of nitrogen functional groups attached to an aromatic ring is 1. The minimum Gasteiger partial charge on any atom is -0.408 e. The van der Waals surface area contributed by atoms with Gasteiger partial charge in [-0.25, -0.2) is 4.79 Å². The van der Waals surface area contributed by atoms with E-state index in [1.165, 1.54) is 5.56 Å². The third-order valence-corrected chi connectivity index (χ3v) is 3.40. The SMILES string of the molecule is Nc1ccc(CCCn2c(=O)oc3ccccc32)cc1. The molecule has 0 aliphatic heterocycles. The fourth-order valence-corrected chi connectivity index (χ4v) is 2.35. The van der Waals surface area contributed by atoms with Crippen LogP contribution < -0.4 is 11.5 Å². The highest BCUT2D eigenvalue weighted by atomic mass is 16.4. The number of anilines is 1. The number of fused-ring (bicyclic) bond motifs is 1. The molecule has 0 amide bonds. The van der Waals surface area contributed by atoms with Crippen LogP contribution in [0.4, 0.5) is 5.69 Å². The number of hydrogen-bond donors (Lipinski definition) is 1. The summed E-state index contributed by atoms with van der Waals surface area (Å²) < 4.78 is 6.90. The van der Waals surface area contributed by atoms with Gasteiger partial charge in [-0.1, -0.05) is 24.3 Å². The molecule has 0 aliphatic rings. The molecule has 1 aromatic heterocycles. The first-order chi connectivity index (χ1) is 9.74. The number of nitrogens with two attached hydrogens (primary N) is 1. The summed E-state index contributed by atoms with van der Waals surface area (Å²) in [5.74, 6) is -0.288. The van der Waals surface area contributed by atoms with E-state index >= 15 is 0 Å². The van der Waals surface area contributed by atoms with Gasteiger partial charge in [0, 0.05) is 12.2 Å². The van der Waals surface area contributed by atoms with E-state index in [2.05, 4.69) is 0 Å². The van der Waals surface area contributed by atoms with Gasteiger partial charge in [0.25, 0.3) is 0 Å². The number of oxazole rings is 1. The Morgan fingerprint density at radius 3 is 2.60 bits per heavy atom. The van der Waals surface area contributed by atoms with Crippen molar-refractivity contribution in [3.63, 3.8) is 0 Å². The molecule has 0 radical (unpaired) electrons. The van der Waals surface area contributed by atoms with Crippen molar-refractivity contribution in [3.8, 4) is 0 Å². The fourth-order valence-electron chi connectivity index (χ4n) is 2.35. The highest BCUT2D eigenvalue weighted by Crippen LogP contribution is 2.13. The van der Waals surface area contributed by atoms with E-state index in [4.69, 9.17) is 10.2 Å². The monoisotopic (exact) mass is 268 g/mol. The van der Waals surface area contributed by atoms with Gasteiger partial charge < -0.3 is 10.2 Å². The van der Waals surface area contributed by atoms with Gasteiger partial charge in [0.05, 0.1) is 5.52 Å². The molecule has 2 aromatic carbocycles. The molecular weight excluding hydrogens is 252 g/mol. The van der Waals surface area contributed by atoms with Crippen LogP contribution in [0.3, 0.4) is 0 Å². The molecule has 3 rings (SSSR count).